The summed E-state index contributed by atoms with van der Waals surface area (Å²) in [6.07, 6.45) is -6.97. The zero-order chi connectivity index (χ0) is 43.3. The van der Waals surface area contributed by atoms with Crippen LogP contribution in [0.1, 0.15) is 127 Å². The molecule has 7 atom stereocenters. The first-order valence-corrected chi connectivity index (χ1v) is 19.6. The summed E-state index contributed by atoms with van der Waals surface area (Å²) in [4.78, 5) is 68.9. The summed E-state index contributed by atoms with van der Waals surface area (Å²) in [5, 5.41) is 3.47. The molecule has 12 heteroatoms. The molecule has 0 bridgehead atoms. The van der Waals surface area contributed by atoms with Crippen LogP contribution in [0.4, 0.5) is 0 Å². The molecule has 0 aliphatic carbocycles. The predicted molar refractivity (Wildman–Crippen MR) is 214 cm³/mol. The minimum atomic E-state index is -1.48. The first kappa shape index (κ1) is 47.1. The van der Waals surface area contributed by atoms with E-state index in [9.17, 15) is 24.0 Å². The van der Waals surface area contributed by atoms with Crippen molar-refractivity contribution in [2.24, 2.45) is 21.7 Å². The van der Waals surface area contributed by atoms with Gasteiger partial charge in [0, 0.05) is 0 Å². The number of hydrogen-bond donors (Lipinski definition) is 1. The minimum absolute atomic E-state index is 0.427. The standard InChI is InChI=1S/C45H65NO11/c1-41(2,3)37(48)52-26-29-32(54-38(49)42(4,5)6)33(55-39(50)43(7,8)9)34(56-40(51)44(10,11)12)35(53-29)46-31(28-24-20-17-21-25-28)30(27-22-18-16-19-23-27)36(47)57-45(13,14)15/h16-25,29-35,46H,26H2,1-15H3/t29-,30+,31-,32+,33+,34-,35-/m1/s1. The highest BCUT2D eigenvalue weighted by Gasteiger charge is 2.55. The number of ether oxygens (including phenoxy) is 6. The summed E-state index contributed by atoms with van der Waals surface area (Å²) in [5.74, 6) is -4.10. The molecule has 3 rings (SSSR count). The Bertz CT molecular complexity index is 1690. The van der Waals surface area contributed by atoms with E-state index in [0.717, 1.165) is 0 Å². The van der Waals surface area contributed by atoms with Gasteiger partial charge in [0.25, 0.3) is 0 Å². The highest BCUT2D eigenvalue weighted by Crippen LogP contribution is 2.38. The highest BCUT2D eigenvalue weighted by atomic mass is 16.7. The Morgan fingerprint density at radius 2 is 0.965 bits per heavy atom. The van der Waals surface area contributed by atoms with Crippen molar-refractivity contribution in [2.75, 3.05) is 6.61 Å². The number of hydrogen-bond acceptors (Lipinski definition) is 12. The number of carbonyl (C=O) groups is 5. The number of benzene rings is 2. The van der Waals surface area contributed by atoms with Gasteiger partial charge in [0.15, 0.2) is 24.5 Å². The molecule has 1 aliphatic rings. The lowest BCUT2D eigenvalue weighted by Crippen LogP contribution is -2.67. The molecule has 0 saturated carbocycles. The summed E-state index contributed by atoms with van der Waals surface area (Å²) in [7, 11) is 0. The summed E-state index contributed by atoms with van der Waals surface area (Å²) >= 11 is 0. The summed E-state index contributed by atoms with van der Waals surface area (Å²) in [6, 6.07) is 17.4. The maximum absolute atomic E-state index is 14.4. The second kappa shape index (κ2) is 18.1. The van der Waals surface area contributed by atoms with Crippen LogP contribution < -0.4 is 5.32 Å². The molecule has 57 heavy (non-hydrogen) atoms. The van der Waals surface area contributed by atoms with Crippen LogP contribution in [-0.2, 0) is 52.4 Å². The monoisotopic (exact) mass is 795 g/mol. The zero-order valence-corrected chi connectivity index (χ0v) is 36.5. The molecule has 1 heterocycles. The highest BCUT2D eigenvalue weighted by molar-refractivity contribution is 5.80. The van der Waals surface area contributed by atoms with Crippen molar-refractivity contribution in [3.05, 3.63) is 71.8 Å². The number of rotatable bonds is 11. The average molecular weight is 796 g/mol. The summed E-state index contributed by atoms with van der Waals surface area (Å²) in [5.41, 5.74) is -3.59. The maximum atomic E-state index is 14.4. The molecule has 0 radical (unpaired) electrons. The van der Waals surface area contributed by atoms with E-state index in [0.29, 0.717) is 11.1 Å². The fourth-order valence-electron chi connectivity index (χ4n) is 5.58. The van der Waals surface area contributed by atoms with Gasteiger partial charge in [0.2, 0.25) is 0 Å². The third-order valence-electron chi connectivity index (χ3n) is 8.85. The van der Waals surface area contributed by atoms with Crippen molar-refractivity contribution in [3.8, 4) is 0 Å². The largest absolute Gasteiger partial charge is 0.462 e. The molecule has 0 aromatic heterocycles. The van der Waals surface area contributed by atoms with Crippen molar-refractivity contribution in [2.45, 2.75) is 152 Å². The van der Waals surface area contributed by atoms with Gasteiger partial charge in [-0.3, -0.25) is 29.3 Å². The van der Waals surface area contributed by atoms with E-state index < -0.39 is 106 Å². The topological polar surface area (TPSA) is 153 Å². The molecule has 0 amide bonds. The molecular formula is C45H65NO11. The Kier molecular flexibility index (Phi) is 15.0. The van der Waals surface area contributed by atoms with Crippen molar-refractivity contribution in [1.82, 2.24) is 5.32 Å². The summed E-state index contributed by atoms with van der Waals surface area (Å²) < 4.78 is 37.2. The molecule has 1 aliphatic heterocycles. The van der Waals surface area contributed by atoms with E-state index in [2.05, 4.69) is 5.32 Å². The van der Waals surface area contributed by atoms with Gasteiger partial charge in [-0.2, -0.15) is 0 Å². The summed E-state index contributed by atoms with van der Waals surface area (Å²) in [6.45, 7) is 25.0. The fourth-order valence-corrected chi connectivity index (χ4v) is 5.58. The van der Waals surface area contributed by atoms with Gasteiger partial charge in [0.1, 0.15) is 24.2 Å². The normalized spacial score (nSPS) is 21.7. The van der Waals surface area contributed by atoms with Gasteiger partial charge in [-0.05, 0) is 115 Å². The maximum Gasteiger partial charge on any atom is 0.315 e. The molecule has 1 saturated heterocycles. The van der Waals surface area contributed by atoms with Crippen LogP contribution in [0.15, 0.2) is 60.7 Å². The second-order valence-corrected chi connectivity index (χ2v) is 19.8. The average Bonchev–Trinajstić information content (AvgIpc) is 3.07. The van der Waals surface area contributed by atoms with Crippen LogP contribution in [0.2, 0.25) is 0 Å². The predicted octanol–water partition coefficient (Wildman–Crippen LogP) is 7.63. The number of esters is 5. The molecule has 0 unspecified atom stereocenters. The number of carbonyl (C=O) groups excluding carboxylic acids is 5. The third kappa shape index (κ3) is 13.4. The van der Waals surface area contributed by atoms with Gasteiger partial charge in [0.05, 0.1) is 27.7 Å². The lowest BCUT2D eigenvalue weighted by molar-refractivity contribution is -0.266. The Morgan fingerprint density at radius 1 is 0.561 bits per heavy atom. The van der Waals surface area contributed by atoms with Gasteiger partial charge in [-0.15, -0.1) is 0 Å². The first-order valence-electron chi connectivity index (χ1n) is 19.6. The smallest absolute Gasteiger partial charge is 0.315 e. The van der Waals surface area contributed by atoms with Gasteiger partial charge < -0.3 is 28.4 Å². The number of nitrogens with one attached hydrogen (secondary N) is 1. The van der Waals surface area contributed by atoms with E-state index in [1.165, 1.54) is 0 Å². The Labute approximate surface area is 339 Å². The first-order chi connectivity index (χ1) is 26.0. The molecule has 316 valence electrons. The van der Waals surface area contributed by atoms with Crippen molar-refractivity contribution in [3.63, 3.8) is 0 Å². The van der Waals surface area contributed by atoms with Gasteiger partial charge >= 0.3 is 29.8 Å². The van der Waals surface area contributed by atoms with Gasteiger partial charge in [-0.1, -0.05) is 60.7 Å². The van der Waals surface area contributed by atoms with Crippen molar-refractivity contribution < 1.29 is 52.4 Å². The zero-order valence-electron chi connectivity index (χ0n) is 36.5. The van der Waals surface area contributed by atoms with Crippen LogP contribution in [0.25, 0.3) is 0 Å². The van der Waals surface area contributed by atoms with Crippen LogP contribution in [0, 0.1) is 21.7 Å². The lowest BCUT2D eigenvalue weighted by atomic mass is 9.85. The van der Waals surface area contributed by atoms with Crippen molar-refractivity contribution in [1.29, 1.82) is 0 Å². The third-order valence-corrected chi connectivity index (χ3v) is 8.85. The molecule has 0 spiro atoms. The Hall–Kier alpha value is -4.29. The Balaban J connectivity index is 2.37. The van der Waals surface area contributed by atoms with Gasteiger partial charge in [-0.25, -0.2) is 0 Å². The molecule has 1 fully saturated rings. The van der Waals surface area contributed by atoms with E-state index in [4.69, 9.17) is 28.4 Å². The molecular weight excluding hydrogens is 730 g/mol. The fraction of sp³-hybridized carbons (Fsp3) is 0.622. The SMILES string of the molecule is CC(C)(C)OC(=O)[C@@H](c1ccccc1)[C@H](N[C@@H]1O[C@H](COC(=O)C(C)(C)C)[C@H](OC(=O)C(C)(C)C)[C@H](OC(=O)C(C)(C)C)[C@H]1OC(=O)C(C)(C)C)c1ccccc1. The Morgan fingerprint density at radius 3 is 1.39 bits per heavy atom. The van der Waals surface area contributed by atoms with E-state index in [1.54, 1.807) is 104 Å². The van der Waals surface area contributed by atoms with Crippen LogP contribution >= 0.6 is 0 Å². The van der Waals surface area contributed by atoms with Crippen LogP contribution in [0.5, 0.6) is 0 Å². The molecule has 12 nitrogen and oxygen atoms in total. The van der Waals surface area contributed by atoms with Crippen LogP contribution in [-0.4, -0.2) is 72.7 Å². The molecule has 2 aromatic rings. The molecule has 2 aromatic carbocycles. The van der Waals surface area contributed by atoms with E-state index in [1.807, 2.05) is 60.7 Å². The lowest BCUT2D eigenvalue weighted by Gasteiger charge is -2.47. The van der Waals surface area contributed by atoms with Crippen LogP contribution in [0.3, 0.4) is 0 Å². The quantitative estimate of drug-likeness (QED) is 0.176. The van der Waals surface area contributed by atoms with Crippen molar-refractivity contribution >= 4 is 29.8 Å². The molecule has 1 N–H and O–H groups in total. The second-order valence-electron chi connectivity index (χ2n) is 19.8. The van der Waals surface area contributed by atoms with E-state index in [-0.39, 0.29) is 0 Å². The minimum Gasteiger partial charge on any atom is -0.462 e. The van der Waals surface area contributed by atoms with E-state index >= 15 is 0 Å².